The van der Waals surface area contributed by atoms with Crippen LogP contribution in [0.2, 0.25) is 0 Å². The molecule has 106 valence electrons. The number of amides is 1. The summed E-state index contributed by atoms with van der Waals surface area (Å²) in [6, 6.07) is 7.21. The van der Waals surface area contributed by atoms with Gasteiger partial charge < -0.3 is 15.6 Å². The van der Waals surface area contributed by atoms with Gasteiger partial charge in [0.25, 0.3) is 5.91 Å². The third-order valence-electron chi connectivity index (χ3n) is 2.83. The number of rotatable bonds is 3. The first-order valence-electron chi connectivity index (χ1n) is 6.07. The average molecular weight is 284 g/mol. The summed E-state index contributed by atoms with van der Waals surface area (Å²) in [4.78, 5) is 15.6. The number of nitrogens with one attached hydrogen (secondary N) is 2. The molecule has 0 spiro atoms. The summed E-state index contributed by atoms with van der Waals surface area (Å²) in [7, 11) is 1.86. The number of H-pyrrole nitrogens is 1. The van der Waals surface area contributed by atoms with Gasteiger partial charge in [-0.2, -0.15) is 4.98 Å². The Hall–Kier alpha value is -3.23. The smallest absolute Gasteiger partial charge is 0.293 e. The number of hydrogen-bond donors (Lipinski definition) is 3. The van der Waals surface area contributed by atoms with Gasteiger partial charge in [-0.15, -0.1) is 15.3 Å². The molecule has 21 heavy (non-hydrogen) atoms. The van der Waals surface area contributed by atoms with Gasteiger partial charge in [0.05, 0.1) is 0 Å². The molecule has 0 atom stereocenters. The van der Waals surface area contributed by atoms with Gasteiger partial charge in [0.2, 0.25) is 11.8 Å². The predicted molar refractivity (Wildman–Crippen MR) is 75.2 cm³/mol. The van der Waals surface area contributed by atoms with E-state index in [9.17, 15) is 4.79 Å². The minimum atomic E-state index is -0.411. The number of hydrogen-bond acceptors (Lipinski definition) is 6. The zero-order valence-electron chi connectivity index (χ0n) is 11.1. The lowest BCUT2D eigenvalue weighted by Gasteiger charge is -2.04. The van der Waals surface area contributed by atoms with Crippen LogP contribution in [0.1, 0.15) is 10.6 Å². The second kappa shape index (κ2) is 5.04. The number of aromatic nitrogens is 6. The second-order valence-corrected chi connectivity index (χ2v) is 4.34. The van der Waals surface area contributed by atoms with Crippen molar-refractivity contribution in [2.45, 2.75) is 0 Å². The van der Waals surface area contributed by atoms with Crippen molar-refractivity contribution in [3.05, 3.63) is 36.4 Å². The molecule has 0 radical (unpaired) electrons. The number of anilines is 2. The van der Waals surface area contributed by atoms with E-state index in [1.165, 1.54) is 0 Å². The Labute approximate surface area is 119 Å². The molecule has 2 heterocycles. The Morgan fingerprint density at radius 2 is 2.10 bits per heavy atom. The molecule has 3 rings (SSSR count). The van der Waals surface area contributed by atoms with E-state index >= 15 is 0 Å². The van der Waals surface area contributed by atoms with E-state index in [1.54, 1.807) is 18.5 Å². The van der Waals surface area contributed by atoms with Crippen LogP contribution in [0.15, 0.2) is 30.6 Å². The summed E-state index contributed by atoms with van der Waals surface area (Å²) in [5.41, 5.74) is 6.88. The molecule has 0 unspecified atom stereocenters. The van der Waals surface area contributed by atoms with Crippen molar-refractivity contribution in [2.24, 2.45) is 7.05 Å². The van der Waals surface area contributed by atoms with Crippen molar-refractivity contribution < 1.29 is 4.79 Å². The first-order chi connectivity index (χ1) is 10.1. The Morgan fingerprint density at radius 1 is 1.33 bits per heavy atom. The minimum absolute atomic E-state index is 0.0257. The molecule has 0 saturated carbocycles. The van der Waals surface area contributed by atoms with Crippen molar-refractivity contribution in [1.29, 1.82) is 0 Å². The van der Waals surface area contributed by atoms with Crippen LogP contribution in [-0.2, 0) is 7.05 Å². The van der Waals surface area contributed by atoms with Gasteiger partial charge in [-0.05, 0) is 24.3 Å². The van der Waals surface area contributed by atoms with Gasteiger partial charge in [0, 0.05) is 18.3 Å². The molecule has 9 heteroatoms. The van der Waals surface area contributed by atoms with Crippen LogP contribution in [0.4, 0.5) is 11.6 Å². The molecule has 0 fully saturated rings. The van der Waals surface area contributed by atoms with E-state index in [2.05, 4.69) is 30.7 Å². The molecule has 0 bridgehead atoms. The number of nitrogen functional groups attached to an aromatic ring is 1. The van der Waals surface area contributed by atoms with Gasteiger partial charge >= 0.3 is 0 Å². The lowest BCUT2D eigenvalue weighted by atomic mass is 10.2. The number of carbonyl (C=O) groups is 1. The Balaban J connectivity index is 1.76. The topological polar surface area (TPSA) is 127 Å². The minimum Gasteiger partial charge on any atom is -0.366 e. The zero-order valence-corrected chi connectivity index (χ0v) is 11.1. The van der Waals surface area contributed by atoms with Crippen LogP contribution in [0, 0.1) is 0 Å². The molecule has 0 saturated heterocycles. The molecular formula is C12H12N8O. The van der Waals surface area contributed by atoms with E-state index in [-0.39, 0.29) is 11.8 Å². The van der Waals surface area contributed by atoms with Gasteiger partial charge in [0.15, 0.2) is 5.82 Å². The fourth-order valence-electron chi connectivity index (χ4n) is 1.81. The number of carbonyl (C=O) groups excluding carboxylic acids is 1. The second-order valence-electron chi connectivity index (χ2n) is 4.34. The number of benzene rings is 1. The maximum atomic E-state index is 11.9. The van der Waals surface area contributed by atoms with E-state index < -0.39 is 5.91 Å². The first-order valence-corrected chi connectivity index (χ1v) is 6.07. The number of aryl methyl sites for hydroxylation is 1. The van der Waals surface area contributed by atoms with Gasteiger partial charge in [-0.25, -0.2) is 0 Å². The fourth-order valence-corrected chi connectivity index (χ4v) is 1.81. The van der Waals surface area contributed by atoms with Crippen LogP contribution >= 0.6 is 0 Å². The Kier molecular flexibility index (Phi) is 3.07. The van der Waals surface area contributed by atoms with Crippen molar-refractivity contribution in [2.75, 3.05) is 11.1 Å². The molecule has 0 aliphatic rings. The van der Waals surface area contributed by atoms with E-state index in [4.69, 9.17) is 5.73 Å². The average Bonchev–Trinajstić information content (AvgIpc) is 3.08. The zero-order chi connectivity index (χ0) is 14.8. The highest BCUT2D eigenvalue weighted by Crippen LogP contribution is 2.18. The SMILES string of the molecule is Cn1cnnc1-c1ccc(NC(=O)c2nc(N)n[nH]2)cc1. The highest BCUT2D eigenvalue weighted by Gasteiger charge is 2.11. The molecule has 1 amide bonds. The molecule has 2 aromatic heterocycles. The van der Waals surface area contributed by atoms with Crippen LogP contribution in [0.3, 0.4) is 0 Å². The van der Waals surface area contributed by atoms with Crippen molar-refractivity contribution in [1.82, 2.24) is 29.9 Å². The molecular weight excluding hydrogens is 272 g/mol. The van der Waals surface area contributed by atoms with Crippen molar-refractivity contribution in [3.8, 4) is 11.4 Å². The monoisotopic (exact) mass is 284 g/mol. The normalized spacial score (nSPS) is 10.5. The lowest BCUT2D eigenvalue weighted by molar-refractivity contribution is 0.101. The van der Waals surface area contributed by atoms with Crippen molar-refractivity contribution >= 4 is 17.5 Å². The fraction of sp³-hybridized carbons (Fsp3) is 0.0833. The summed E-state index contributed by atoms with van der Waals surface area (Å²) < 4.78 is 1.81. The largest absolute Gasteiger partial charge is 0.366 e. The lowest BCUT2D eigenvalue weighted by Crippen LogP contribution is -2.13. The molecule has 3 aromatic rings. The number of nitrogens with zero attached hydrogens (tertiary/aromatic N) is 5. The quantitative estimate of drug-likeness (QED) is 0.640. The number of nitrogens with two attached hydrogens (primary N) is 1. The standard InChI is InChI=1S/C12H12N8O/c1-20-6-14-18-10(20)7-2-4-8(5-3-7)15-11(21)9-16-12(13)19-17-9/h2-6H,1H3,(H,15,21)(H3,13,16,17,19). The summed E-state index contributed by atoms with van der Waals surface area (Å²) in [5.74, 6) is 0.421. The Morgan fingerprint density at radius 3 is 2.67 bits per heavy atom. The third-order valence-corrected chi connectivity index (χ3v) is 2.83. The highest BCUT2D eigenvalue weighted by molar-refractivity contribution is 6.01. The predicted octanol–water partition coefficient (Wildman–Crippen LogP) is 0.435. The summed E-state index contributed by atoms with van der Waals surface area (Å²) in [5, 5.41) is 16.6. The Bertz CT molecular complexity index is 773. The van der Waals surface area contributed by atoms with Crippen LogP contribution in [0.5, 0.6) is 0 Å². The maximum absolute atomic E-state index is 11.9. The van der Waals surface area contributed by atoms with Crippen LogP contribution in [-0.4, -0.2) is 35.9 Å². The van der Waals surface area contributed by atoms with Crippen LogP contribution in [0.25, 0.3) is 11.4 Å². The molecule has 9 nitrogen and oxygen atoms in total. The molecule has 0 aliphatic heterocycles. The summed E-state index contributed by atoms with van der Waals surface area (Å²) in [6.45, 7) is 0. The summed E-state index contributed by atoms with van der Waals surface area (Å²) in [6.07, 6.45) is 1.62. The molecule has 1 aromatic carbocycles. The molecule has 4 N–H and O–H groups in total. The van der Waals surface area contributed by atoms with E-state index in [1.807, 2.05) is 23.7 Å². The van der Waals surface area contributed by atoms with Gasteiger partial charge in [-0.1, -0.05) is 0 Å². The first kappa shape index (κ1) is 12.8. The maximum Gasteiger partial charge on any atom is 0.293 e. The van der Waals surface area contributed by atoms with Gasteiger partial charge in [-0.3, -0.25) is 9.89 Å². The van der Waals surface area contributed by atoms with Crippen LogP contribution < -0.4 is 11.1 Å². The molecule has 0 aliphatic carbocycles. The summed E-state index contributed by atoms with van der Waals surface area (Å²) >= 11 is 0. The number of aromatic amines is 1. The van der Waals surface area contributed by atoms with E-state index in [0.717, 1.165) is 11.4 Å². The third kappa shape index (κ3) is 2.56. The van der Waals surface area contributed by atoms with Crippen molar-refractivity contribution in [3.63, 3.8) is 0 Å². The van der Waals surface area contributed by atoms with E-state index in [0.29, 0.717) is 5.69 Å². The highest BCUT2D eigenvalue weighted by atomic mass is 16.2. The van der Waals surface area contributed by atoms with Gasteiger partial charge in [0.1, 0.15) is 6.33 Å².